The van der Waals surface area contributed by atoms with Crippen molar-refractivity contribution in [2.75, 3.05) is 13.2 Å². The van der Waals surface area contributed by atoms with Gasteiger partial charge >= 0.3 is 17.9 Å². The fourth-order valence-corrected chi connectivity index (χ4v) is 9.05. The zero-order valence-electron chi connectivity index (χ0n) is 42.4. The third-order valence-corrected chi connectivity index (χ3v) is 13.5. The minimum Gasteiger partial charge on any atom is -0.462 e. The molecule has 1 aliphatic rings. The minimum absolute atomic E-state index is 0.0591. The number of ether oxygens (including phenoxy) is 3. The van der Waals surface area contributed by atoms with Gasteiger partial charge in [-0.2, -0.15) is 0 Å². The molecule has 1 fully saturated rings. The van der Waals surface area contributed by atoms with Crippen LogP contribution in [0.2, 0.25) is 0 Å². The molecule has 3 atom stereocenters. The minimum atomic E-state index is -0.763. The van der Waals surface area contributed by atoms with Crippen LogP contribution in [0.15, 0.2) is 12.2 Å². The highest BCUT2D eigenvalue weighted by Crippen LogP contribution is 2.45. The Hall–Kier alpha value is -1.85. The molecule has 370 valence electrons. The third-order valence-electron chi connectivity index (χ3n) is 13.5. The van der Waals surface area contributed by atoms with Gasteiger partial charge in [0.15, 0.2) is 6.10 Å². The molecule has 0 aromatic rings. The van der Waals surface area contributed by atoms with Crippen molar-refractivity contribution in [3.8, 4) is 0 Å². The number of rotatable bonds is 50. The number of allylic oxidation sites excluding steroid dienone is 2. The molecule has 0 bridgehead atoms. The van der Waals surface area contributed by atoms with Crippen LogP contribution in [0, 0.1) is 11.8 Å². The fourth-order valence-electron chi connectivity index (χ4n) is 9.05. The molecule has 0 N–H and O–H groups in total. The molecule has 6 heteroatoms. The average Bonchev–Trinajstić information content (AvgIpc) is 4.03. The Kier molecular flexibility index (Phi) is 43.8. The van der Waals surface area contributed by atoms with Crippen molar-refractivity contribution >= 4 is 17.9 Å². The van der Waals surface area contributed by atoms with Crippen LogP contribution in [0.1, 0.15) is 303 Å². The summed E-state index contributed by atoms with van der Waals surface area (Å²) >= 11 is 0. The van der Waals surface area contributed by atoms with Crippen molar-refractivity contribution in [1.29, 1.82) is 0 Å². The molecule has 0 heterocycles. The number of unbranched alkanes of at least 4 members (excludes halogenated alkanes) is 35. The summed E-state index contributed by atoms with van der Waals surface area (Å²) in [4.78, 5) is 38.4. The van der Waals surface area contributed by atoms with Crippen molar-refractivity contribution in [1.82, 2.24) is 0 Å². The summed E-state index contributed by atoms with van der Waals surface area (Å²) in [5, 5.41) is 0. The maximum absolute atomic E-state index is 12.9. The van der Waals surface area contributed by atoms with E-state index in [0.717, 1.165) is 57.8 Å². The predicted octanol–water partition coefficient (Wildman–Crippen LogP) is 18.0. The monoisotopic (exact) mass is 887 g/mol. The van der Waals surface area contributed by atoms with Crippen LogP contribution in [0.25, 0.3) is 0 Å². The number of esters is 3. The lowest BCUT2D eigenvalue weighted by atomic mass is 10.0. The fraction of sp³-hybridized carbons (Fsp3) is 0.912. The highest BCUT2D eigenvalue weighted by atomic mass is 16.6. The average molecular weight is 887 g/mol. The number of carbonyl (C=O) groups is 3. The Balaban J connectivity index is 2.29. The van der Waals surface area contributed by atoms with Crippen LogP contribution in [0.3, 0.4) is 0 Å². The molecule has 1 rings (SSSR count). The number of hydrogen-bond acceptors (Lipinski definition) is 6. The third kappa shape index (κ3) is 42.5. The van der Waals surface area contributed by atoms with E-state index in [9.17, 15) is 14.4 Å². The highest BCUT2D eigenvalue weighted by Gasteiger charge is 2.38. The molecular weight excluding hydrogens is 781 g/mol. The molecular formula is C57H106O6. The molecule has 0 radical (unpaired) electrons. The van der Waals surface area contributed by atoms with Crippen molar-refractivity contribution in [2.45, 2.75) is 309 Å². The lowest BCUT2D eigenvalue weighted by Gasteiger charge is -2.18. The first kappa shape index (κ1) is 59.2. The SMILES string of the molecule is CCCCCCCC/C=C/CCC[C@H]1C[C@H]1CC(=O)OC[C@@H](COC(=O)CCCCCCCCCCCCCCCCC)OC(=O)CCCCCCCCCCCCCCCCC. The topological polar surface area (TPSA) is 78.9 Å². The Bertz CT molecular complexity index is 1040. The summed E-state index contributed by atoms with van der Waals surface area (Å²) in [5.74, 6) is 0.191. The molecule has 63 heavy (non-hydrogen) atoms. The summed E-state index contributed by atoms with van der Waals surface area (Å²) in [6, 6.07) is 0. The Labute approximate surface area is 391 Å². The number of hydrogen-bond donors (Lipinski definition) is 0. The summed E-state index contributed by atoms with van der Waals surface area (Å²) in [5.41, 5.74) is 0. The molecule has 0 saturated heterocycles. The van der Waals surface area contributed by atoms with Gasteiger partial charge in [0.2, 0.25) is 0 Å². The second-order valence-electron chi connectivity index (χ2n) is 19.8. The van der Waals surface area contributed by atoms with Crippen LogP contribution in [0.5, 0.6) is 0 Å². The normalized spacial score (nSPS) is 15.2. The molecule has 6 nitrogen and oxygen atoms in total. The van der Waals surface area contributed by atoms with E-state index in [2.05, 4.69) is 32.9 Å². The quantitative estimate of drug-likeness (QED) is 0.0262. The first-order valence-corrected chi connectivity index (χ1v) is 28.2. The van der Waals surface area contributed by atoms with E-state index in [4.69, 9.17) is 14.2 Å². The van der Waals surface area contributed by atoms with Crippen LogP contribution < -0.4 is 0 Å². The van der Waals surface area contributed by atoms with Crippen molar-refractivity contribution < 1.29 is 28.6 Å². The van der Waals surface area contributed by atoms with Gasteiger partial charge in [-0.3, -0.25) is 14.4 Å². The van der Waals surface area contributed by atoms with E-state index in [1.54, 1.807) is 0 Å². The summed E-state index contributed by atoms with van der Waals surface area (Å²) < 4.78 is 17.0. The van der Waals surface area contributed by atoms with Gasteiger partial charge in [-0.25, -0.2) is 0 Å². The maximum Gasteiger partial charge on any atom is 0.306 e. The van der Waals surface area contributed by atoms with Crippen molar-refractivity contribution in [3.05, 3.63) is 12.2 Å². The molecule has 0 aromatic carbocycles. The van der Waals surface area contributed by atoms with Gasteiger partial charge in [0, 0.05) is 19.3 Å². The zero-order chi connectivity index (χ0) is 45.5. The molecule has 1 saturated carbocycles. The maximum atomic E-state index is 12.9. The molecule has 0 unspecified atom stereocenters. The Morgan fingerprint density at radius 3 is 1.14 bits per heavy atom. The second-order valence-corrected chi connectivity index (χ2v) is 19.8. The molecule has 0 spiro atoms. The highest BCUT2D eigenvalue weighted by molar-refractivity contribution is 5.71. The second kappa shape index (κ2) is 46.7. The van der Waals surface area contributed by atoms with Crippen LogP contribution >= 0.6 is 0 Å². The first-order chi connectivity index (χ1) is 31.0. The lowest BCUT2D eigenvalue weighted by molar-refractivity contribution is -0.167. The Morgan fingerprint density at radius 2 is 0.730 bits per heavy atom. The van der Waals surface area contributed by atoms with E-state index in [0.29, 0.717) is 31.1 Å². The van der Waals surface area contributed by atoms with E-state index in [1.165, 1.54) is 205 Å². The molecule has 0 aliphatic heterocycles. The van der Waals surface area contributed by atoms with Gasteiger partial charge in [-0.1, -0.05) is 245 Å². The van der Waals surface area contributed by atoms with Crippen LogP contribution in [0.4, 0.5) is 0 Å². The van der Waals surface area contributed by atoms with Crippen molar-refractivity contribution in [2.24, 2.45) is 11.8 Å². The molecule has 1 aliphatic carbocycles. The summed E-state index contributed by atoms with van der Waals surface area (Å²) in [6.45, 7) is 6.70. The summed E-state index contributed by atoms with van der Waals surface area (Å²) in [6.07, 6.45) is 57.2. The van der Waals surface area contributed by atoms with Gasteiger partial charge in [0.25, 0.3) is 0 Å². The number of carbonyl (C=O) groups excluding carboxylic acids is 3. The Morgan fingerprint density at radius 1 is 0.397 bits per heavy atom. The van der Waals surface area contributed by atoms with Gasteiger partial charge in [0.05, 0.1) is 0 Å². The largest absolute Gasteiger partial charge is 0.462 e. The van der Waals surface area contributed by atoms with E-state index in [1.807, 2.05) is 0 Å². The van der Waals surface area contributed by atoms with Gasteiger partial charge in [-0.05, 0) is 63.2 Å². The van der Waals surface area contributed by atoms with E-state index >= 15 is 0 Å². The van der Waals surface area contributed by atoms with E-state index in [-0.39, 0.29) is 31.1 Å². The van der Waals surface area contributed by atoms with Crippen molar-refractivity contribution in [3.63, 3.8) is 0 Å². The standard InChI is InChI=1S/C57H106O6/c1-4-7-10-13-16-19-22-24-26-28-31-34-37-40-43-46-55(58)61-50-54(63-56(59)47-44-41-38-35-32-29-27-25-23-20-17-14-11-8-5-2)51-62-57(60)49-53-48-52(53)45-42-39-36-33-30-21-18-15-12-9-6-3/h33,36,52-54H,4-32,34-35,37-51H2,1-3H3/b36-33+/t52-,53-,54+/m0/s1. The van der Waals surface area contributed by atoms with Crippen LogP contribution in [-0.4, -0.2) is 37.2 Å². The summed E-state index contributed by atoms with van der Waals surface area (Å²) in [7, 11) is 0. The van der Waals surface area contributed by atoms with Gasteiger partial charge in [0.1, 0.15) is 13.2 Å². The predicted molar refractivity (Wildman–Crippen MR) is 268 cm³/mol. The first-order valence-electron chi connectivity index (χ1n) is 28.2. The molecule has 0 aromatic heterocycles. The zero-order valence-corrected chi connectivity index (χ0v) is 42.4. The smallest absolute Gasteiger partial charge is 0.306 e. The van der Waals surface area contributed by atoms with E-state index < -0.39 is 6.10 Å². The lowest BCUT2D eigenvalue weighted by Crippen LogP contribution is -2.31. The van der Waals surface area contributed by atoms with Gasteiger partial charge < -0.3 is 14.2 Å². The molecule has 0 amide bonds. The van der Waals surface area contributed by atoms with Crippen LogP contribution in [-0.2, 0) is 28.6 Å². The van der Waals surface area contributed by atoms with Gasteiger partial charge in [-0.15, -0.1) is 0 Å².